The van der Waals surface area contributed by atoms with Crippen molar-refractivity contribution < 1.29 is 9.90 Å². The second kappa shape index (κ2) is 6.57. The fourth-order valence-electron chi connectivity index (χ4n) is 2.37. The molecule has 0 bridgehead atoms. The normalized spacial score (nSPS) is 12.5. The van der Waals surface area contributed by atoms with E-state index in [1.165, 1.54) is 6.92 Å². The quantitative estimate of drug-likeness (QED) is 0.801. The van der Waals surface area contributed by atoms with Gasteiger partial charge >= 0.3 is 0 Å². The number of aromatic hydroxyl groups is 1. The van der Waals surface area contributed by atoms with Crippen molar-refractivity contribution in [3.63, 3.8) is 0 Å². The van der Waals surface area contributed by atoms with Gasteiger partial charge in [-0.3, -0.25) is 4.79 Å². The van der Waals surface area contributed by atoms with Gasteiger partial charge in [0.15, 0.2) is 5.78 Å². The summed E-state index contributed by atoms with van der Waals surface area (Å²) in [5.74, 6) is -0.0612. The number of hydrogen-bond acceptors (Lipinski definition) is 4. The Morgan fingerprint density at radius 1 is 1.37 bits per heavy atom. The molecule has 0 aliphatic carbocycles. The fraction of sp³-hybridized carbons (Fsp3) is 0.533. The number of ketones is 1. The Hall–Kier alpha value is -1.55. The molecule has 0 amide bonds. The van der Waals surface area contributed by atoms with E-state index in [0.717, 1.165) is 18.8 Å². The van der Waals surface area contributed by atoms with Gasteiger partial charge in [0.2, 0.25) is 0 Å². The van der Waals surface area contributed by atoms with Crippen molar-refractivity contribution in [1.29, 1.82) is 0 Å². The highest BCUT2D eigenvalue weighted by Gasteiger charge is 2.16. The number of likely N-dealkylation sites (N-methyl/N-ethyl adjacent to an activating group) is 2. The zero-order valence-corrected chi connectivity index (χ0v) is 12.5. The van der Waals surface area contributed by atoms with Gasteiger partial charge < -0.3 is 14.9 Å². The number of phenols is 1. The topological polar surface area (TPSA) is 43.8 Å². The summed E-state index contributed by atoms with van der Waals surface area (Å²) in [5.41, 5.74) is 1.32. The van der Waals surface area contributed by atoms with E-state index in [1.54, 1.807) is 12.1 Å². The van der Waals surface area contributed by atoms with Crippen LogP contribution in [0.25, 0.3) is 0 Å². The van der Waals surface area contributed by atoms with Crippen LogP contribution < -0.4 is 4.90 Å². The van der Waals surface area contributed by atoms with Gasteiger partial charge in [0.1, 0.15) is 5.75 Å². The molecule has 0 aliphatic rings. The molecular weight excluding hydrogens is 240 g/mol. The maximum absolute atomic E-state index is 11.3. The number of benzene rings is 1. The highest BCUT2D eigenvalue weighted by Crippen LogP contribution is 2.26. The lowest BCUT2D eigenvalue weighted by Gasteiger charge is -2.32. The van der Waals surface area contributed by atoms with Gasteiger partial charge in [0.25, 0.3) is 0 Å². The third-order valence-electron chi connectivity index (χ3n) is 3.19. The first-order valence-corrected chi connectivity index (χ1v) is 6.62. The first-order chi connectivity index (χ1) is 8.86. The summed E-state index contributed by atoms with van der Waals surface area (Å²) >= 11 is 0. The monoisotopic (exact) mass is 264 g/mol. The maximum atomic E-state index is 11.3. The molecular formula is C15H24N2O2. The van der Waals surface area contributed by atoms with Crippen LogP contribution in [0.15, 0.2) is 18.2 Å². The lowest BCUT2D eigenvalue weighted by atomic mass is 10.1. The molecule has 0 heterocycles. The van der Waals surface area contributed by atoms with E-state index in [4.69, 9.17) is 0 Å². The second-order valence-electron chi connectivity index (χ2n) is 5.15. The Morgan fingerprint density at radius 2 is 2.00 bits per heavy atom. The smallest absolute Gasteiger partial charge is 0.163 e. The van der Waals surface area contributed by atoms with Crippen LogP contribution in [-0.4, -0.2) is 49.0 Å². The molecule has 0 fully saturated rings. The van der Waals surface area contributed by atoms with E-state index in [-0.39, 0.29) is 11.5 Å². The summed E-state index contributed by atoms with van der Waals surface area (Å²) in [6.45, 7) is 7.49. The van der Waals surface area contributed by atoms with Crippen LogP contribution in [0, 0.1) is 0 Å². The van der Waals surface area contributed by atoms with E-state index in [9.17, 15) is 9.90 Å². The molecule has 19 heavy (non-hydrogen) atoms. The highest BCUT2D eigenvalue weighted by molar-refractivity contribution is 5.97. The van der Waals surface area contributed by atoms with Crippen molar-refractivity contribution in [2.45, 2.75) is 26.8 Å². The molecule has 4 heteroatoms. The van der Waals surface area contributed by atoms with Gasteiger partial charge in [-0.05, 0) is 47.0 Å². The van der Waals surface area contributed by atoms with Gasteiger partial charge in [-0.1, -0.05) is 0 Å². The van der Waals surface area contributed by atoms with E-state index in [0.29, 0.717) is 11.6 Å². The van der Waals surface area contributed by atoms with Crippen LogP contribution in [0.4, 0.5) is 5.69 Å². The van der Waals surface area contributed by atoms with Crippen molar-refractivity contribution >= 4 is 11.5 Å². The predicted octanol–water partition coefficient (Wildman–Crippen LogP) is 2.37. The Kier molecular flexibility index (Phi) is 5.36. The third kappa shape index (κ3) is 3.96. The summed E-state index contributed by atoms with van der Waals surface area (Å²) in [6.07, 6.45) is 0. The Labute approximate surface area is 115 Å². The summed E-state index contributed by atoms with van der Waals surface area (Å²) in [6, 6.07) is 5.60. The number of carbonyl (C=O) groups excluding carboxylic acids is 1. The summed E-state index contributed by atoms with van der Waals surface area (Å²) in [5, 5.41) is 9.91. The molecule has 1 rings (SSSR count). The largest absolute Gasteiger partial charge is 0.507 e. The SMILES string of the molecule is CCN(c1ccc(C(C)=O)c(O)c1)C(C)CN(C)C. The minimum Gasteiger partial charge on any atom is -0.507 e. The molecule has 1 aromatic rings. The number of rotatable bonds is 6. The van der Waals surface area contributed by atoms with Gasteiger partial charge in [-0.25, -0.2) is 0 Å². The molecule has 0 aliphatic heterocycles. The Balaban J connectivity index is 2.99. The molecule has 1 atom stereocenters. The van der Waals surface area contributed by atoms with Gasteiger partial charge in [-0.15, -0.1) is 0 Å². The van der Waals surface area contributed by atoms with E-state index in [2.05, 4.69) is 23.6 Å². The fourth-order valence-corrected chi connectivity index (χ4v) is 2.37. The lowest BCUT2D eigenvalue weighted by Crippen LogP contribution is -2.40. The zero-order chi connectivity index (χ0) is 14.6. The number of nitrogens with zero attached hydrogens (tertiary/aromatic N) is 2. The average molecular weight is 264 g/mol. The third-order valence-corrected chi connectivity index (χ3v) is 3.19. The Morgan fingerprint density at radius 3 is 2.42 bits per heavy atom. The lowest BCUT2D eigenvalue weighted by molar-refractivity contribution is 0.101. The Bertz CT molecular complexity index is 444. The summed E-state index contributed by atoms with van der Waals surface area (Å²) in [4.78, 5) is 15.7. The minimum atomic E-state index is -0.117. The predicted molar refractivity (Wildman–Crippen MR) is 79.1 cm³/mol. The average Bonchev–Trinajstić information content (AvgIpc) is 2.28. The molecule has 1 unspecified atom stereocenters. The van der Waals surface area contributed by atoms with Gasteiger partial charge in [0.05, 0.1) is 5.56 Å². The number of anilines is 1. The van der Waals surface area contributed by atoms with Crippen molar-refractivity contribution in [2.75, 3.05) is 32.1 Å². The zero-order valence-electron chi connectivity index (χ0n) is 12.5. The molecule has 0 spiro atoms. The number of Topliss-reactive ketones (excluding diaryl/α,β-unsaturated/α-hetero) is 1. The van der Waals surface area contributed by atoms with E-state index < -0.39 is 0 Å². The summed E-state index contributed by atoms with van der Waals surface area (Å²) in [7, 11) is 4.08. The molecule has 1 N–H and O–H groups in total. The van der Waals surface area contributed by atoms with Crippen LogP contribution in [0.3, 0.4) is 0 Å². The van der Waals surface area contributed by atoms with Crippen LogP contribution >= 0.6 is 0 Å². The second-order valence-corrected chi connectivity index (χ2v) is 5.15. The van der Waals surface area contributed by atoms with Crippen LogP contribution in [-0.2, 0) is 0 Å². The summed E-state index contributed by atoms with van der Waals surface area (Å²) < 4.78 is 0. The van der Waals surface area contributed by atoms with Gasteiger partial charge in [0, 0.05) is 30.9 Å². The highest BCUT2D eigenvalue weighted by atomic mass is 16.3. The molecule has 0 saturated carbocycles. The number of carbonyl (C=O) groups is 1. The molecule has 1 aromatic carbocycles. The standard InChI is InChI=1S/C15H24N2O2/c1-6-17(11(2)10-16(4)5)13-7-8-14(12(3)18)15(19)9-13/h7-9,11,19H,6,10H2,1-5H3. The molecule has 0 aromatic heterocycles. The van der Waals surface area contributed by atoms with Crippen molar-refractivity contribution in [3.05, 3.63) is 23.8 Å². The number of hydrogen-bond donors (Lipinski definition) is 1. The number of phenolic OH excluding ortho intramolecular Hbond substituents is 1. The van der Waals surface area contributed by atoms with Crippen LogP contribution in [0.1, 0.15) is 31.1 Å². The van der Waals surface area contributed by atoms with Crippen molar-refractivity contribution in [3.8, 4) is 5.75 Å². The maximum Gasteiger partial charge on any atom is 0.163 e. The van der Waals surface area contributed by atoms with Crippen LogP contribution in [0.2, 0.25) is 0 Å². The van der Waals surface area contributed by atoms with Crippen molar-refractivity contribution in [2.24, 2.45) is 0 Å². The first-order valence-electron chi connectivity index (χ1n) is 6.62. The molecule has 0 saturated heterocycles. The van der Waals surface area contributed by atoms with E-state index in [1.807, 2.05) is 20.2 Å². The van der Waals surface area contributed by atoms with E-state index >= 15 is 0 Å². The molecule has 0 radical (unpaired) electrons. The van der Waals surface area contributed by atoms with Crippen LogP contribution in [0.5, 0.6) is 5.75 Å². The molecule has 4 nitrogen and oxygen atoms in total. The van der Waals surface area contributed by atoms with Gasteiger partial charge in [-0.2, -0.15) is 0 Å². The molecule has 106 valence electrons. The first kappa shape index (κ1) is 15.5. The van der Waals surface area contributed by atoms with Crippen molar-refractivity contribution in [1.82, 2.24) is 4.90 Å². The minimum absolute atomic E-state index is 0.0560.